The third-order valence-corrected chi connectivity index (χ3v) is 2.95. The monoisotopic (exact) mass is 328 g/mol. The molecule has 0 atom stereocenters. The fraction of sp³-hybridized carbons (Fsp3) is 0.111. The van der Waals surface area contributed by atoms with E-state index in [0.29, 0.717) is 22.8 Å². The number of rotatable bonds is 7. The lowest BCUT2D eigenvalue weighted by Crippen LogP contribution is -2.09. The summed E-state index contributed by atoms with van der Waals surface area (Å²) < 4.78 is 20.2. The van der Waals surface area contributed by atoms with Gasteiger partial charge in [0.1, 0.15) is 17.2 Å². The zero-order valence-corrected chi connectivity index (χ0v) is 13.1. The lowest BCUT2D eigenvalue weighted by molar-refractivity contribution is -0.144. The van der Waals surface area contributed by atoms with Gasteiger partial charge in [0.15, 0.2) is 0 Å². The summed E-state index contributed by atoms with van der Waals surface area (Å²) in [7, 11) is 1.55. The van der Waals surface area contributed by atoms with Crippen LogP contribution in [-0.2, 0) is 9.53 Å². The fourth-order valence-electron chi connectivity index (χ4n) is 1.71. The zero-order valence-electron chi connectivity index (χ0n) is 13.1. The standard InChI is InChI=1S/C18H16O6/c1-3-17(19)23-12-22-15-8-10-16(11-9-15)24-18(20)13-4-6-14(21-2)7-5-13/h3-11H,1,12H2,2H3. The number of hydrogen-bond donors (Lipinski definition) is 0. The molecule has 2 aromatic rings. The quantitative estimate of drug-likeness (QED) is 0.337. The summed E-state index contributed by atoms with van der Waals surface area (Å²) in [6, 6.07) is 12.9. The average Bonchev–Trinajstić information content (AvgIpc) is 2.63. The van der Waals surface area contributed by atoms with Crippen LogP contribution in [-0.4, -0.2) is 25.8 Å². The Hall–Kier alpha value is -3.28. The van der Waals surface area contributed by atoms with E-state index in [9.17, 15) is 9.59 Å². The smallest absolute Gasteiger partial charge is 0.343 e. The third-order valence-electron chi connectivity index (χ3n) is 2.95. The molecule has 0 saturated carbocycles. The minimum atomic E-state index is -0.569. The number of esters is 2. The van der Waals surface area contributed by atoms with Gasteiger partial charge < -0.3 is 18.9 Å². The highest BCUT2D eigenvalue weighted by molar-refractivity contribution is 5.91. The van der Waals surface area contributed by atoms with E-state index < -0.39 is 11.9 Å². The van der Waals surface area contributed by atoms with Gasteiger partial charge in [-0.25, -0.2) is 9.59 Å². The van der Waals surface area contributed by atoms with E-state index in [4.69, 9.17) is 18.9 Å². The summed E-state index contributed by atoms with van der Waals surface area (Å²) in [6.07, 6.45) is 1.05. The first-order valence-corrected chi connectivity index (χ1v) is 7.00. The summed E-state index contributed by atoms with van der Waals surface area (Å²) in [6.45, 7) is 3.05. The summed E-state index contributed by atoms with van der Waals surface area (Å²) >= 11 is 0. The van der Waals surface area contributed by atoms with E-state index in [0.717, 1.165) is 6.08 Å². The van der Waals surface area contributed by atoms with Crippen molar-refractivity contribution in [2.45, 2.75) is 0 Å². The number of hydrogen-bond acceptors (Lipinski definition) is 6. The number of methoxy groups -OCH3 is 1. The maximum Gasteiger partial charge on any atom is 0.343 e. The van der Waals surface area contributed by atoms with E-state index in [2.05, 4.69) is 6.58 Å². The predicted octanol–water partition coefficient (Wildman–Crippen LogP) is 2.98. The van der Waals surface area contributed by atoms with Gasteiger partial charge in [-0.15, -0.1) is 0 Å². The molecule has 0 aliphatic carbocycles. The molecular weight excluding hydrogens is 312 g/mol. The summed E-state index contributed by atoms with van der Waals surface area (Å²) in [5, 5.41) is 0. The molecule has 6 heteroatoms. The average molecular weight is 328 g/mol. The predicted molar refractivity (Wildman–Crippen MR) is 86.2 cm³/mol. The van der Waals surface area contributed by atoms with Crippen molar-refractivity contribution in [2.24, 2.45) is 0 Å². The van der Waals surface area contributed by atoms with Crippen molar-refractivity contribution < 1.29 is 28.5 Å². The van der Waals surface area contributed by atoms with Crippen molar-refractivity contribution in [1.29, 1.82) is 0 Å². The second kappa shape index (κ2) is 8.38. The Kier molecular flexibility index (Phi) is 5.96. The van der Waals surface area contributed by atoms with Crippen LogP contribution in [0.1, 0.15) is 10.4 Å². The van der Waals surface area contributed by atoms with Crippen LogP contribution in [0.5, 0.6) is 17.2 Å². The molecule has 0 spiro atoms. The van der Waals surface area contributed by atoms with Gasteiger partial charge in [-0.05, 0) is 48.5 Å². The lowest BCUT2D eigenvalue weighted by atomic mass is 10.2. The first-order chi connectivity index (χ1) is 11.6. The van der Waals surface area contributed by atoms with Gasteiger partial charge in [0, 0.05) is 6.08 Å². The molecule has 0 aliphatic heterocycles. The Morgan fingerprint density at radius 2 is 1.54 bits per heavy atom. The third kappa shape index (κ3) is 4.88. The van der Waals surface area contributed by atoms with Gasteiger partial charge in [0.05, 0.1) is 12.7 Å². The van der Waals surface area contributed by atoms with Crippen LogP contribution in [0.4, 0.5) is 0 Å². The number of carbonyl (C=O) groups is 2. The van der Waals surface area contributed by atoms with Crippen molar-refractivity contribution in [3.05, 3.63) is 66.7 Å². The molecule has 0 bridgehead atoms. The Bertz CT molecular complexity index is 703. The second-order valence-corrected chi connectivity index (χ2v) is 4.52. The fourth-order valence-corrected chi connectivity index (χ4v) is 1.71. The molecule has 2 rings (SSSR count). The molecule has 0 heterocycles. The molecule has 6 nitrogen and oxygen atoms in total. The molecule has 0 radical (unpaired) electrons. The topological polar surface area (TPSA) is 71.1 Å². The van der Waals surface area contributed by atoms with Crippen LogP contribution in [0.2, 0.25) is 0 Å². The van der Waals surface area contributed by atoms with Gasteiger partial charge in [0.25, 0.3) is 0 Å². The highest BCUT2D eigenvalue weighted by atomic mass is 16.7. The number of benzene rings is 2. The van der Waals surface area contributed by atoms with Gasteiger partial charge >= 0.3 is 11.9 Å². The van der Waals surface area contributed by atoms with Crippen LogP contribution < -0.4 is 14.2 Å². The van der Waals surface area contributed by atoms with Crippen molar-refractivity contribution in [3.63, 3.8) is 0 Å². The maximum atomic E-state index is 12.0. The summed E-state index contributed by atoms with van der Waals surface area (Å²) in [5.41, 5.74) is 0.410. The van der Waals surface area contributed by atoms with E-state index in [-0.39, 0.29) is 6.79 Å². The highest BCUT2D eigenvalue weighted by Crippen LogP contribution is 2.19. The lowest BCUT2D eigenvalue weighted by Gasteiger charge is -2.08. The van der Waals surface area contributed by atoms with E-state index >= 15 is 0 Å². The van der Waals surface area contributed by atoms with E-state index in [1.54, 1.807) is 55.6 Å². The Morgan fingerprint density at radius 3 is 2.12 bits per heavy atom. The van der Waals surface area contributed by atoms with Crippen molar-refractivity contribution in [1.82, 2.24) is 0 Å². The molecule has 124 valence electrons. The molecule has 0 aromatic heterocycles. The van der Waals surface area contributed by atoms with E-state index in [1.165, 1.54) is 0 Å². The van der Waals surface area contributed by atoms with Gasteiger partial charge in [-0.3, -0.25) is 0 Å². The van der Waals surface area contributed by atoms with Crippen LogP contribution >= 0.6 is 0 Å². The van der Waals surface area contributed by atoms with Crippen LogP contribution in [0.3, 0.4) is 0 Å². The minimum Gasteiger partial charge on any atom is -0.497 e. The van der Waals surface area contributed by atoms with Crippen molar-refractivity contribution in [2.75, 3.05) is 13.9 Å². The summed E-state index contributed by atoms with van der Waals surface area (Å²) in [4.78, 5) is 22.9. The molecule has 0 N–H and O–H groups in total. The van der Waals surface area contributed by atoms with Crippen molar-refractivity contribution >= 4 is 11.9 Å². The molecule has 2 aromatic carbocycles. The molecule has 0 amide bonds. The van der Waals surface area contributed by atoms with Gasteiger partial charge in [-0.1, -0.05) is 6.58 Å². The first-order valence-electron chi connectivity index (χ1n) is 7.00. The van der Waals surface area contributed by atoms with Crippen molar-refractivity contribution in [3.8, 4) is 17.2 Å². The number of ether oxygens (including phenoxy) is 4. The largest absolute Gasteiger partial charge is 0.497 e. The Labute approximate surface area is 139 Å². The van der Waals surface area contributed by atoms with Gasteiger partial charge in [0.2, 0.25) is 6.79 Å². The van der Waals surface area contributed by atoms with Gasteiger partial charge in [-0.2, -0.15) is 0 Å². The molecule has 0 fully saturated rings. The number of carbonyl (C=O) groups excluding carboxylic acids is 2. The highest BCUT2D eigenvalue weighted by Gasteiger charge is 2.09. The minimum absolute atomic E-state index is 0.226. The molecule has 24 heavy (non-hydrogen) atoms. The van der Waals surface area contributed by atoms with E-state index in [1.807, 2.05) is 0 Å². The van der Waals surface area contributed by atoms with Crippen LogP contribution in [0.25, 0.3) is 0 Å². The SMILES string of the molecule is C=CC(=O)OCOc1ccc(OC(=O)c2ccc(OC)cc2)cc1. The Balaban J connectivity index is 1.89. The Morgan fingerprint density at radius 1 is 0.958 bits per heavy atom. The second-order valence-electron chi connectivity index (χ2n) is 4.52. The maximum absolute atomic E-state index is 12.0. The first kappa shape index (κ1) is 17.1. The molecule has 0 saturated heterocycles. The molecule has 0 unspecified atom stereocenters. The zero-order chi connectivity index (χ0) is 17.4. The summed E-state index contributed by atoms with van der Waals surface area (Å²) in [5.74, 6) is 0.443. The molecule has 0 aliphatic rings. The molecular formula is C18H16O6. The van der Waals surface area contributed by atoms with Crippen LogP contribution in [0.15, 0.2) is 61.2 Å². The van der Waals surface area contributed by atoms with Crippen LogP contribution in [0, 0.1) is 0 Å². The normalized spacial score (nSPS) is 9.71.